The summed E-state index contributed by atoms with van der Waals surface area (Å²) < 4.78 is 7.02. The van der Waals surface area contributed by atoms with Crippen LogP contribution in [-0.4, -0.2) is 52.0 Å². The smallest absolute Gasteiger partial charge is 0.246 e. The molecule has 0 aliphatic carbocycles. The first-order valence-corrected chi connectivity index (χ1v) is 9.12. The van der Waals surface area contributed by atoms with Gasteiger partial charge in [0.05, 0.1) is 24.8 Å². The van der Waals surface area contributed by atoms with Crippen LogP contribution in [-0.2, 0) is 22.5 Å². The number of benzene rings is 1. The van der Waals surface area contributed by atoms with Crippen molar-refractivity contribution in [2.24, 2.45) is 0 Å². The summed E-state index contributed by atoms with van der Waals surface area (Å²) in [5.74, 6) is 0.699. The molecule has 0 bridgehead atoms. The molecule has 8 heteroatoms. The summed E-state index contributed by atoms with van der Waals surface area (Å²) in [5, 5.41) is 8.14. The minimum Gasteiger partial charge on any atom is -0.378 e. The number of hydrogen-bond donors (Lipinski definition) is 1. The molecular weight excluding hydrogens is 344 g/mol. The number of ether oxygens (including phenoxy) is 1. The normalized spacial score (nSPS) is 14.5. The monoisotopic (exact) mass is 366 g/mol. The topological polar surface area (TPSA) is 85.2 Å². The summed E-state index contributed by atoms with van der Waals surface area (Å²) in [7, 11) is 0. The van der Waals surface area contributed by atoms with E-state index >= 15 is 0 Å². The first-order valence-electron chi connectivity index (χ1n) is 9.12. The number of carbonyl (C=O) groups is 1. The van der Waals surface area contributed by atoms with E-state index in [1.54, 1.807) is 10.9 Å². The molecule has 0 atom stereocenters. The molecule has 8 nitrogen and oxygen atoms in total. The molecule has 4 rings (SSSR count). The van der Waals surface area contributed by atoms with Gasteiger partial charge in [0.2, 0.25) is 5.91 Å². The van der Waals surface area contributed by atoms with Gasteiger partial charge in [-0.1, -0.05) is 19.1 Å². The molecule has 27 heavy (non-hydrogen) atoms. The van der Waals surface area contributed by atoms with Gasteiger partial charge in [-0.15, -0.1) is 0 Å². The molecule has 1 fully saturated rings. The number of anilines is 2. The lowest BCUT2D eigenvalue weighted by molar-refractivity contribution is -0.116. The van der Waals surface area contributed by atoms with Gasteiger partial charge >= 0.3 is 0 Å². The molecule has 2 aromatic heterocycles. The first kappa shape index (κ1) is 17.4. The number of carbonyl (C=O) groups excluding carboxylic acids is 1. The maximum atomic E-state index is 12.5. The molecule has 1 aromatic carbocycles. The Balaban J connectivity index is 1.52. The molecule has 1 saturated heterocycles. The first-order chi connectivity index (χ1) is 13.2. The quantitative estimate of drug-likeness (QED) is 0.742. The summed E-state index contributed by atoms with van der Waals surface area (Å²) in [6, 6.07) is 7.86. The van der Waals surface area contributed by atoms with E-state index in [2.05, 4.69) is 32.2 Å². The fourth-order valence-electron chi connectivity index (χ4n) is 3.23. The van der Waals surface area contributed by atoms with Crippen LogP contribution < -0.4 is 10.2 Å². The van der Waals surface area contributed by atoms with Crippen LogP contribution in [0.4, 0.5) is 11.5 Å². The zero-order chi connectivity index (χ0) is 18.6. The van der Waals surface area contributed by atoms with Crippen LogP contribution in [0.5, 0.6) is 0 Å². The van der Waals surface area contributed by atoms with Gasteiger partial charge in [0, 0.05) is 18.8 Å². The van der Waals surface area contributed by atoms with E-state index in [-0.39, 0.29) is 12.5 Å². The average Bonchev–Trinajstić information content (AvgIpc) is 3.11. The second kappa shape index (κ2) is 7.71. The second-order valence-corrected chi connectivity index (χ2v) is 6.44. The van der Waals surface area contributed by atoms with Gasteiger partial charge in [-0.25, -0.2) is 14.6 Å². The van der Waals surface area contributed by atoms with E-state index in [4.69, 9.17) is 4.74 Å². The van der Waals surface area contributed by atoms with Crippen molar-refractivity contribution in [2.75, 3.05) is 36.5 Å². The molecule has 0 unspecified atom stereocenters. The third kappa shape index (κ3) is 3.75. The van der Waals surface area contributed by atoms with E-state index in [0.717, 1.165) is 36.4 Å². The van der Waals surface area contributed by atoms with Gasteiger partial charge in [0.15, 0.2) is 5.65 Å². The van der Waals surface area contributed by atoms with Crippen LogP contribution in [0, 0.1) is 0 Å². The van der Waals surface area contributed by atoms with Crippen molar-refractivity contribution < 1.29 is 9.53 Å². The average molecular weight is 366 g/mol. The van der Waals surface area contributed by atoms with Crippen molar-refractivity contribution in [3.8, 4) is 0 Å². The third-order valence-corrected chi connectivity index (χ3v) is 4.64. The number of rotatable bonds is 5. The van der Waals surface area contributed by atoms with Crippen molar-refractivity contribution in [3.05, 3.63) is 42.4 Å². The van der Waals surface area contributed by atoms with Gasteiger partial charge in [-0.2, -0.15) is 5.10 Å². The summed E-state index contributed by atoms with van der Waals surface area (Å²) in [6.07, 6.45) is 4.17. The highest BCUT2D eigenvalue weighted by molar-refractivity contribution is 5.92. The highest BCUT2D eigenvalue weighted by atomic mass is 16.5. The van der Waals surface area contributed by atoms with E-state index in [1.807, 2.05) is 24.3 Å². The lowest BCUT2D eigenvalue weighted by Crippen LogP contribution is -2.36. The van der Waals surface area contributed by atoms with Gasteiger partial charge < -0.3 is 15.0 Å². The zero-order valence-electron chi connectivity index (χ0n) is 15.3. The summed E-state index contributed by atoms with van der Waals surface area (Å²) in [6.45, 7) is 5.11. The van der Waals surface area contributed by atoms with E-state index in [1.165, 1.54) is 11.9 Å². The number of aromatic nitrogens is 4. The molecule has 1 N–H and O–H groups in total. The Morgan fingerprint density at radius 3 is 2.93 bits per heavy atom. The number of fused-ring (bicyclic) bond motifs is 1. The van der Waals surface area contributed by atoms with Crippen LogP contribution in [0.25, 0.3) is 11.0 Å². The Hall–Kier alpha value is -3.00. The van der Waals surface area contributed by atoms with Crippen LogP contribution in [0.1, 0.15) is 12.5 Å². The fraction of sp³-hybridized carbons (Fsp3) is 0.368. The lowest BCUT2D eigenvalue weighted by atomic mass is 10.1. The second-order valence-electron chi connectivity index (χ2n) is 6.44. The number of aryl methyl sites for hydroxylation is 1. The number of nitrogens with one attached hydrogen (secondary N) is 1. The predicted molar refractivity (Wildman–Crippen MR) is 103 cm³/mol. The van der Waals surface area contributed by atoms with Gasteiger partial charge in [-0.3, -0.25) is 4.79 Å². The molecule has 0 spiro atoms. The number of nitrogens with zero attached hydrogens (tertiary/aromatic N) is 5. The Morgan fingerprint density at radius 1 is 1.26 bits per heavy atom. The molecule has 140 valence electrons. The summed E-state index contributed by atoms with van der Waals surface area (Å²) in [5.41, 5.74) is 2.63. The number of hydrogen-bond acceptors (Lipinski definition) is 6. The standard InChI is InChI=1S/C19H22N6O2/c1-2-14-4-3-5-15(10-14)23-17(26)12-25-19-16(11-22-25)18(20-13-21-19)24-6-8-27-9-7-24/h3-5,10-11,13H,2,6-9,12H2,1H3,(H,23,26). The molecular formula is C19H22N6O2. The maximum Gasteiger partial charge on any atom is 0.246 e. The van der Waals surface area contributed by atoms with E-state index in [9.17, 15) is 4.79 Å². The highest BCUT2D eigenvalue weighted by Crippen LogP contribution is 2.23. The minimum atomic E-state index is -0.139. The predicted octanol–water partition coefficient (Wildman–Crippen LogP) is 1.86. The molecule has 0 saturated carbocycles. The van der Waals surface area contributed by atoms with Crippen LogP contribution >= 0.6 is 0 Å². The van der Waals surface area contributed by atoms with Crippen molar-refractivity contribution >= 4 is 28.4 Å². The largest absolute Gasteiger partial charge is 0.378 e. The molecule has 0 radical (unpaired) electrons. The van der Waals surface area contributed by atoms with Crippen molar-refractivity contribution in [1.29, 1.82) is 0 Å². The zero-order valence-corrected chi connectivity index (χ0v) is 15.3. The van der Waals surface area contributed by atoms with Crippen LogP contribution in [0.15, 0.2) is 36.8 Å². The minimum absolute atomic E-state index is 0.0966. The van der Waals surface area contributed by atoms with Gasteiger partial charge in [-0.05, 0) is 24.1 Å². The Bertz CT molecular complexity index is 948. The summed E-state index contributed by atoms with van der Waals surface area (Å²) >= 11 is 0. The summed E-state index contributed by atoms with van der Waals surface area (Å²) in [4.78, 5) is 23.4. The van der Waals surface area contributed by atoms with Crippen molar-refractivity contribution in [2.45, 2.75) is 19.9 Å². The highest BCUT2D eigenvalue weighted by Gasteiger charge is 2.18. The number of morpholine rings is 1. The Kier molecular flexibility index (Phi) is 4.97. The molecule has 3 heterocycles. The maximum absolute atomic E-state index is 12.5. The van der Waals surface area contributed by atoms with Crippen molar-refractivity contribution in [1.82, 2.24) is 19.7 Å². The molecule has 3 aromatic rings. The van der Waals surface area contributed by atoms with Gasteiger partial charge in [0.1, 0.15) is 18.7 Å². The lowest BCUT2D eigenvalue weighted by Gasteiger charge is -2.27. The third-order valence-electron chi connectivity index (χ3n) is 4.64. The Morgan fingerprint density at radius 2 is 2.11 bits per heavy atom. The SMILES string of the molecule is CCc1cccc(NC(=O)Cn2ncc3c(N4CCOCC4)ncnc32)c1. The van der Waals surface area contributed by atoms with E-state index in [0.29, 0.717) is 18.9 Å². The molecule has 1 amide bonds. The van der Waals surface area contributed by atoms with Crippen LogP contribution in [0.3, 0.4) is 0 Å². The van der Waals surface area contributed by atoms with Crippen LogP contribution in [0.2, 0.25) is 0 Å². The number of amides is 1. The molecule has 1 aliphatic rings. The Labute approximate surface area is 157 Å². The van der Waals surface area contributed by atoms with E-state index < -0.39 is 0 Å². The fourth-order valence-corrected chi connectivity index (χ4v) is 3.23. The van der Waals surface area contributed by atoms with Gasteiger partial charge in [0.25, 0.3) is 0 Å². The van der Waals surface area contributed by atoms with Crippen molar-refractivity contribution in [3.63, 3.8) is 0 Å². The molecule has 1 aliphatic heterocycles.